The topological polar surface area (TPSA) is 69.1 Å². The summed E-state index contributed by atoms with van der Waals surface area (Å²) in [4.78, 5) is 12.2. The first-order valence-electron chi connectivity index (χ1n) is 8.32. The lowest BCUT2D eigenvalue weighted by atomic mass is 10.1. The highest BCUT2D eigenvalue weighted by molar-refractivity contribution is 7.94. The lowest BCUT2D eigenvalue weighted by Gasteiger charge is -2.18. The Balaban J connectivity index is 1.32. The molecule has 0 saturated heterocycles. The number of carbonyl (C=O) groups excluding carboxylic acids is 1. The smallest absolute Gasteiger partial charge is 0.411 e. The van der Waals surface area contributed by atoms with Gasteiger partial charge >= 0.3 is 6.09 Å². The Bertz CT molecular complexity index is 778. The minimum Gasteiger partial charge on any atom is -0.494 e. The van der Waals surface area contributed by atoms with E-state index in [0.29, 0.717) is 6.61 Å². The Hall–Kier alpha value is -2.67. The van der Waals surface area contributed by atoms with Crippen molar-refractivity contribution in [2.75, 3.05) is 11.9 Å². The highest BCUT2D eigenvalue weighted by atomic mass is 32.2. The molecule has 7 heteroatoms. The molecule has 0 atom stereocenters. The van der Waals surface area contributed by atoms with Gasteiger partial charge in [-0.1, -0.05) is 22.9 Å². The summed E-state index contributed by atoms with van der Waals surface area (Å²) in [5.41, 5.74) is 2.89. The van der Waals surface area contributed by atoms with Crippen molar-refractivity contribution in [2.45, 2.75) is 31.3 Å². The summed E-state index contributed by atoms with van der Waals surface area (Å²) in [6, 6.07) is 13.6. The van der Waals surface area contributed by atoms with E-state index in [9.17, 15) is 4.79 Å². The van der Waals surface area contributed by atoms with E-state index in [4.69, 9.17) is 13.8 Å². The number of aryl methyl sites for hydroxylation is 1. The molecule has 1 aliphatic heterocycles. The third-order valence-corrected chi connectivity index (χ3v) is 4.32. The number of unbranched alkanes of at least 4 members (excludes halogenated alkanes) is 1. The van der Waals surface area contributed by atoms with E-state index < -0.39 is 6.09 Å². The van der Waals surface area contributed by atoms with Gasteiger partial charge in [0.1, 0.15) is 24.4 Å². The molecule has 1 amide bonds. The highest BCUT2D eigenvalue weighted by Gasteiger charge is 2.15. The van der Waals surface area contributed by atoms with E-state index in [0.717, 1.165) is 34.7 Å². The summed E-state index contributed by atoms with van der Waals surface area (Å²) in [7, 11) is 0. The van der Waals surface area contributed by atoms with Crippen molar-refractivity contribution in [2.24, 2.45) is 5.16 Å². The van der Waals surface area contributed by atoms with E-state index in [2.05, 4.69) is 10.5 Å². The summed E-state index contributed by atoms with van der Waals surface area (Å²) < 4.78 is 15.8. The lowest BCUT2D eigenvalue weighted by Crippen LogP contribution is -2.20. The first kappa shape index (κ1) is 18.1. The van der Waals surface area contributed by atoms with E-state index in [-0.39, 0.29) is 6.61 Å². The Kier molecular flexibility index (Phi) is 6.38. The molecule has 2 aromatic carbocycles. The third-order valence-electron chi connectivity index (χ3n) is 3.69. The van der Waals surface area contributed by atoms with Crippen LogP contribution in [0.25, 0.3) is 0 Å². The van der Waals surface area contributed by atoms with Gasteiger partial charge in [0.25, 0.3) is 0 Å². The van der Waals surface area contributed by atoms with Crippen LogP contribution < -0.4 is 10.1 Å². The summed E-state index contributed by atoms with van der Waals surface area (Å²) in [5.74, 6) is 0.756. The van der Waals surface area contributed by atoms with E-state index >= 15 is 0 Å². The number of fused-ring (bicyclic) bond motifs is 1. The van der Waals surface area contributed by atoms with E-state index in [1.165, 1.54) is 17.6 Å². The first-order valence-corrected chi connectivity index (χ1v) is 9.06. The molecule has 26 heavy (non-hydrogen) atoms. The molecule has 0 bridgehead atoms. The average molecular weight is 372 g/mol. The van der Waals surface area contributed by atoms with Crippen molar-refractivity contribution in [1.82, 2.24) is 0 Å². The molecule has 3 rings (SSSR count). The highest BCUT2D eigenvalue weighted by Crippen LogP contribution is 2.26. The van der Waals surface area contributed by atoms with Crippen LogP contribution in [0.2, 0.25) is 0 Å². The van der Waals surface area contributed by atoms with Crippen molar-refractivity contribution in [3.8, 4) is 5.75 Å². The normalized spacial score (nSPS) is 13.0. The molecule has 0 aromatic heterocycles. The Morgan fingerprint density at radius 1 is 1.27 bits per heavy atom. The minimum atomic E-state index is -0.423. The van der Waals surface area contributed by atoms with Crippen LogP contribution in [0, 0.1) is 6.92 Å². The lowest BCUT2D eigenvalue weighted by molar-refractivity contribution is 0.151. The predicted octanol–water partition coefficient (Wildman–Crippen LogP) is 4.93. The average Bonchev–Trinajstić information content (AvgIpc) is 2.65. The van der Waals surface area contributed by atoms with Crippen molar-refractivity contribution in [1.29, 1.82) is 0 Å². The fraction of sp³-hybridized carbons (Fsp3) is 0.263. The van der Waals surface area contributed by atoms with Crippen LogP contribution in [0.3, 0.4) is 0 Å². The maximum atomic E-state index is 11.1. The molecule has 0 unspecified atom stereocenters. The van der Waals surface area contributed by atoms with Crippen LogP contribution in [0.1, 0.15) is 24.0 Å². The van der Waals surface area contributed by atoms with Crippen LogP contribution >= 0.6 is 12.0 Å². The molecule has 1 N–H and O–H groups in total. The monoisotopic (exact) mass is 372 g/mol. The number of benzene rings is 2. The number of hydrogen-bond acceptors (Lipinski definition) is 6. The number of carbonyl (C=O) groups is 1. The van der Waals surface area contributed by atoms with Crippen molar-refractivity contribution < 1.29 is 18.6 Å². The van der Waals surface area contributed by atoms with Gasteiger partial charge in [-0.2, -0.15) is 0 Å². The van der Waals surface area contributed by atoms with Gasteiger partial charge in [-0.15, -0.1) is 0 Å². The van der Waals surface area contributed by atoms with E-state index in [1.807, 2.05) is 49.4 Å². The van der Waals surface area contributed by atoms with Crippen LogP contribution in [-0.2, 0) is 15.6 Å². The van der Waals surface area contributed by atoms with Crippen LogP contribution in [-0.4, -0.2) is 18.9 Å². The molecule has 136 valence electrons. The van der Waals surface area contributed by atoms with E-state index in [1.54, 1.807) is 6.21 Å². The third kappa shape index (κ3) is 5.42. The number of oxime groups is 1. The first-order chi connectivity index (χ1) is 12.7. The number of rotatable bonds is 8. The Labute approximate surface area is 156 Å². The minimum absolute atomic E-state index is 0.265. The molecule has 6 nitrogen and oxygen atoms in total. The Morgan fingerprint density at radius 2 is 2.12 bits per heavy atom. The molecule has 0 saturated carbocycles. The quantitative estimate of drug-likeness (QED) is 0.308. The summed E-state index contributed by atoms with van der Waals surface area (Å²) in [6.07, 6.45) is 2.90. The van der Waals surface area contributed by atoms with Crippen LogP contribution in [0.15, 0.2) is 52.5 Å². The molecule has 0 spiro atoms. The summed E-state index contributed by atoms with van der Waals surface area (Å²) in [6.45, 7) is 2.88. The van der Waals surface area contributed by atoms with Crippen molar-refractivity contribution in [3.63, 3.8) is 0 Å². The molecule has 0 radical (unpaired) electrons. The zero-order chi connectivity index (χ0) is 18.2. The van der Waals surface area contributed by atoms with Crippen LogP contribution in [0.5, 0.6) is 5.75 Å². The maximum absolute atomic E-state index is 11.1. The molecule has 0 fully saturated rings. The number of nitrogens with zero attached hydrogens (tertiary/aromatic N) is 1. The molecule has 1 aliphatic rings. The fourth-order valence-electron chi connectivity index (χ4n) is 2.30. The van der Waals surface area contributed by atoms with Crippen molar-refractivity contribution >= 4 is 30.0 Å². The zero-order valence-electron chi connectivity index (χ0n) is 14.4. The fourth-order valence-corrected chi connectivity index (χ4v) is 2.73. The maximum Gasteiger partial charge on any atom is 0.411 e. The zero-order valence-corrected chi connectivity index (χ0v) is 15.3. The van der Waals surface area contributed by atoms with Gasteiger partial charge in [0.2, 0.25) is 0 Å². The van der Waals surface area contributed by atoms with Gasteiger partial charge in [0.15, 0.2) is 0 Å². The molecule has 1 heterocycles. The van der Waals surface area contributed by atoms with Gasteiger partial charge < -0.3 is 13.8 Å². The van der Waals surface area contributed by atoms with Gasteiger partial charge in [-0.05, 0) is 50.1 Å². The molecular formula is C19H20N2O4S. The number of nitrogens with one attached hydrogen (secondary N) is 1. The number of hydrogen-bond donors (Lipinski definition) is 1. The number of cyclic esters (lactones) is 1. The van der Waals surface area contributed by atoms with Gasteiger partial charge in [-0.25, -0.2) is 4.79 Å². The second-order valence-electron chi connectivity index (χ2n) is 5.77. The predicted molar refractivity (Wildman–Crippen MR) is 102 cm³/mol. The second kappa shape index (κ2) is 9.15. The van der Waals surface area contributed by atoms with Crippen molar-refractivity contribution in [3.05, 3.63) is 53.6 Å². The van der Waals surface area contributed by atoms with Gasteiger partial charge in [0.05, 0.1) is 17.2 Å². The SMILES string of the molecule is Cc1ccc(SON=CCCCOc2ccc3c(c2)COC(=O)N3)cc1. The van der Waals surface area contributed by atoms with Crippen LogP contribution in [0.4, 0.5) is 10.5 Å². The second-order valence-corrected chi connectivity index (χ2v) is 6.56. The number of amides is 1. The largest absolute Gasteiger partial charge is 0.494 e. The Morgan fingerprint density at radius 3 is 2.96 bits per heavy atom. The number of anilines is 1. The molecule has 0 aliphatic carbocycles. The summed E-state index contributed by atoms with van der Waals surface area (Å²) >= 11 is 1.23. The summed E-state index contributed by atoms with van der Waals surface area (Å²) in [5, 5.41) is 6.57. The number of ether oxygens (including phenoxy) is 2. The standard InChI is InChI=1S/C19H20N2O4S/c1-14-4-7-17(8-5-14)26-25-20-10-2-3-11-23-16-6-9-18-15(12-16)13-24-19(22)21-18/h4-10,12H,2-3,11,13H2,1H3,(H,21,22). The molecular weight excluding hydrogens is 352 g/mol. The molecule has 2 aromatic rings. The van der Waals surface area contributed by atoms with Gasteiger partial charge in [0, 0.05) is 11.8 Å². The van der Waals surface area contributed by atoms with Gasteiger partial charge in [-0.3, -0.25) is 5.32 Å².